The Morgan fingerprint density at radius 2 is 1.25 bits per heavy atom. The van der Waals surface area contributed by atoms with Crippen LogP contribution in [0, 0.1) is 6.92 Å². The van der Waals surface area contributed by atoms with Crippen LogP contribution in [0.3, 0.4) is 0 Å². The molecule has 0 saturated heterocycles. The molecule has 0 atom stereocenters. The summed E-state index contributed by atoms with van der Waals surface area (Å²) < 4.78 is 217. The fourth-order valence-corrected chi connectivity index (χ4v) is 4.92. The van der Waals surface area contributed by atoms with Crippen molar-refractivity contribution in [1.29, 1.82) is 0 Å². The Balaban J connectivity index is 2.64. The maximum atomic E-state index is 14.4. The summed E-state index contributed by atoms with van der Waals surface area (Å²) in [5.41, 5.74) is 3.52. The molecule has 1 aromatic heterocycles. The van der Waals surface area contributed by atoms with Gasteiger partial charge in [-0.1, -0.05) is 29.3 Å². The number of anilines is 1. The minimum Gasteiger partial charge on any atom is -0.365 e. The van der Waals surface area contributed by atoms with Crippen molar-refractivity contribution in [3.63, 3.8) is 0 Å². The smallest absolute Gasteiger partial charge is 0.365 e. The third-order valence-corrected chi connectivity index (χ3v) is 7.28. The zero-order valence-corrected chi connectivity index (χ0v) is 22.7. The number of hydrogen-bond acceptors (Lipinski definition) is 3. The number of nitrogens with one attached hydrogen (secondary N) is 1. The van der Waals surface area contributed by atoms with Crippen LogP contribution in [0.25, 0.3) is 11.1 Å². The maximum absolute atomic E-state index is 14.4. The number of benzene rings is 1. The Morgan fingerprint density at radius 3 is 1.68 bits per heavy atom. The van der Waals surface area contributed by atoms with Crippen molar-refractivity contribution in [2.75, 3.05) is 5.32 Å². The first-order chi connectivity index (χ1) is 19.5. The molecule has 4 nitrogen and oxygen atoms in total. The average molecular weight is 729 g/mol. The highest BCUT2D eigenvalue weighted by Crippen LogP contribution is 2.63. The zero-order valence-electron chi connectivity index (χ0n) is 20.4. The second kappa shape index (κ2) is 11.3. The molecule has 0 aliphatic rings. The number of amides is 2. The van der Waals surface area contributed by atoms with Crippen LogP contribution < -0.4 is 11.1 Å². The second-order valence-electron chi connectivity index (χ2n) is 8.55. The maximum Gasteiger partial charge on any atom is 0.393 e. The minimum absolute atomic E-state index is 0.00153. The molecule has 1 aromatic carbocycles. The number of aryl methyl sites for hydroxylation is 1. The van der Waals surface area contributed by atoms with Gasteiger partial charge in [-0.25, -0.2) is 8.78 Å². The molecule has 0 saturated carbocycles. The lowest BCUT2D eigenvalue weighted by Gasteiger charge is -2.42. The van der Waals surface area contributed by atoms with Gasteiger partial charge in [0.25, 0.3) is 5.91 Å². The number of nitrogens with two attached hydrogens (primary N) is 1. The van der Waals surface area contributed by atoms with Crippen LogP contribution in [0.1, 0.15) is 15.2 Å². The zero-order chi connectivity index (χ0) is 34.8. The summed E-state index contributed by atoms with van der Waals surface area (Å²) in [6.45, 7) is 1.08. The van der Waals surface area contributed by atoms with Crippen molar-refractivity contribution in [1.82, 2.24) is 0 Å². The van der Waals surface area contributed by atoms with E-state index < -0.39 is 75.8 Å². The molecule has 0 unspecified atom stereocenters. The van der Waals surface area contributed by atoms with Crippen molar-refractivity contribution in [3.8, 4) is 11.1 Å². The number of rotatable bonds is 11. The van der Waals surface area contributed by atoms with Crippen molar-refractivity contribution in [2.45, 2.75) is 54.8 Å². The molecule has 3 N–H and O–H groups in total. The molecule has 0 aliphatic carbocycles. The summed E-state index contributed by atoms with van der Waals surface area (Å²) in [5, 5.41) is -0.755. The summed E-state index contributed by atoms with van der Waals surface area (Å²) in [7, 11) is 0. The molecule has 1 heterocycles. The molecule has 0 spiro atoms. The first kappa shape index (κ1) is 37.5. The molecule has 23 heteroatoms. The predicted octanol–water partition coefficient (Wildman–Crippen LogP) is 8.78. The van der Waals surface area contributed by atoms with Gasteiger partial charge in [-0.05, 0) is 19.1 Å². The highest BCUT2D eigenvalue weighted by molar-refractivity contribution is 7.17. The molecule has 2 aromatic rings. The standard InChI is InChI=1S/C21H10Cl2F16N2O2S/c1-5-9(7-3-2-6(22)4-8(7)23)10(11(40)42)12(44-5)41-14(43)16(28,29)18(32,33)20(36,37)21(38,39)19(34,35)17(30,31)15(26,27)13(24)25/h2-4,13H,1H3,(H2,40,42)(H,41,43). The fourth-order valence-electron chi connectivity index (χ4n) is 3.34. The van der Waals surface area contributed by atoms with Crippen molar-refractivity contribution >= 4 is 51.4 Å². The van der Waals surface area contributed by atoms with Gasteiger partial charge >= 0.3 is 53.8 Å². The number of thiophene rings is 1. The lowest BCUT2D eigenvalue weighted by molar-refractivity contribution is -0.443. The molecule has 44 heavy (non-hydrogen) atoms. The van der Waals surface area contributed by atoms with Gasteiger partial charge in [-0.3, -0.25) is 9.59 Å². The Kier molecular flexibility index (Phi) is 9.62. The lowest BCUT2D eigenvalue weighted by atomic mass is 9.89. The quantitative estimate of drug-likeness (QED) is 0.227. The van der Waals surface area contributed by atoms with Crippen LogP contribution in [-0.2, 0) is 4.79 Å². The Labute approximate surface area is 247 Å². The summed E-state index contributed by atoms with van der Waals surface area (Å²) in [6.07, 6.45) is -5.98. The Morgan fingerprint density at radius 1 is 0.795 bits per heavy atom. The number of halogens is 18. The van der Waals surface area contributed by atoms with E-state index in [9.17, 15) is 79.8 Å². The number of carbonyl (C=O) groups is 2. The average Bonchev–Trinajstić information content (AvgIpc) is 3.18. The van der Waals surface area contributed by atoms with Crippen molar-refractivity contribution in [2.24, 2.45) is 5.73 Å². The molecule has 0 fully saturated rings. The minimum atomic E-state index is -8.68. The number of alkyl halides is 16. The van der Waals surface area contributed by atoms with Gasteiger partial charge in [-0.2, -0.15) is 61.5 Å². The van der Waals surface area contributed by atoms with Crippen LogP contribution in [0.2, 0.25) is 10.0 Å². The van der Waals surface area contributed by atoms with Gasteiger partial charge in [0.15, 0.2) is 0 Å². The van der Waals surface area contributed by atoms with E-state index in [1.165, 1.54) is 0 Å². The van der Waals surface area contributed by atoms with Gasteiger partial charge < -0.3 is 11.1 Å². The van der Waals surface area contributed by atoms with Gasteiger partial charge in [0, 0.05) is 26.0 Å². The highest BCUT2D eigenvalue weighted by Gasteiger charge is 2.94. The number of hydrogen-bond donors (Lipinski definition) is 2. The SMILES string of the molecule is Cc1sc(NC(=O)C(F)(F)C(F)(F)C(F)(F)C(F)(F)C(F)(F)C(F)(F)C(F)(F)C(F)F)c(C(N)=O)c1-c1ccc(Cl)cc1Cl. The summed E-state index contributed by atoms with van der Waals surface area (Å²) >= 11 is 11.7. The van der Waals surface area contributed by atoms with Crippen LogP contribution >= 0.6 is 34.5 Å². The van der Waals surface area contributed by atoms with Gasteiger partial charge in [0.1, 0.15) is 5.00 Å². The van der Waals surface area contributed by atoms with E-state index in [0.29, 0.717) is 0 Å². The van der Waals surface area contributed by atoms with Crippen LogP contribution in [0.15, 0.2) is 18.2 Å². The summed E-state index contributed by atoms with van der Waals surface area (Å²) in [5.74, 6) is -62.6. The Bertz CT molecular complexity index is 1460. The molecule has 0 bridgehead atoms. The van der Waals surface area contributed by atoms with Gasteiger partial charge in [0.05, 0.1) is 5.56 Å². The van der Waals surface area contributed by atoms with Crippen molar-refractivity contribution in [3.05, 3.63) is 38.7 Å². The van der Waals surface area contributed by atoms with Crippen LogP contribution in [0.4, 0.5) is 75.2 Å². The highest BCUT2D eigenvalue weighted by atomic mass is 35.5. The van der Waals surface area contributed by atoms with Crippen LogP contribution in [-0.4, -0.2) is 59.7 Å². The first-order valence-corrected chi connectivity index (χ1v) is 12.2. The van der Waals surface area contributed by atoms with E-state index in [1.54, 1.807) is 0 Å². The van der Waals surface area contributed by atoms with E-state index in [1.807, 2.05) is 0 Å². The molecule has 0 radical (unpaired) electrons. The molecule has 2 rings (SSSR count). The van der Waals surface area contributed by atoms with Gasteiger partial charge in [-0.15, -0.1) is 11.3 Å². The number of carbonyl (C=O) groups excluding carboxylic acids is 2. The third-order valence-electron chi connectivity index (χ3n) is 5.71. The summed E-state index contributed by atoms with van der Waals surface area (Å²) in [4.78, 5) is 23.9. The van der Waals surface area contributed by atoms with Crippen molar-refractivity contribution < 1.29 is 79.8 Å². The predicted molar refractivity (Wildman–Crippen MR) is 122 cm³/mol. The van der Waals surface area contributed by atoms with E-state index >= 15 is 0 Å². The Hall–Kier alpha value is -2.68. The topological polar surface area (TPSA) is 72.2 Å². The summed E-state index contributed by atoms with van der Waals surface area (Å²) in [6, 6.07) is 3.30. The van der Waals surface area contributed by atoms with E-state index in [2.05, 4.69) is 0 Å². The molecule has 0 aliphatic heterocycles. The second-order valence-corrected chi connectivity index (χ2v) is 10.6. The molecule has 2 amide bonds. The molecule has 248 valence electrons. The van der Waals surface area contributed by atoms with Crippen LogP contribution in [0.5, 0.6) is 0 Å². The van der Waals surface area contributed by atoms with Gasteiger partial charge in [0.2, 0.25) is 0 Å². The molecular weight excluding hydrogens is 719 g/mol. The van der Waals surface area contributed by atoms with E-state index in [4.69, 9.17) is 28.9 Å². The monoisotopic (exact) mass is 728 g/mol. The fraction of sp³-hybridized carbons (Fsp3) is 0.429. The molecular formula is C21H10Cl2F16N2O2S. The largest absolute Gasteiger partial charge is 0.393 e. The number of primary amides is 1. The van der Waals surface area contributed by atoms with E-state index in [-0.39, 0.29) is 31.8 Å². The third kappa shape index (κ3) is 5.31. The van der Waals surface area contributed by atoms with E-state index in [0.717, 1.165) is 30.4 Å². The first-order valence-electron chi connectivity index (χ1n) is 10.6. The normalized spacial score (nSPS) is 14.3. The lowest BCUT2D eigenvalue weighted by Crippen LogP contribution is -2.74.